The monoisotopic (exact) mass is 482 g/mol. The molecule has 1 saturated heterocycles. The Balaban J connectivity index is 2.52. The van der Waals surface area contributed by atoms with Gasteiger partial charge in [-0.1, -0.05) is 12.1 Å². The van der Waals surface area contributed by atoms with E-state index >= 15 is 0 Å². The highest BCUT2D eigenvalue weighted by molar-refractivity contribution is 5.69. The van der Waals surface area contributed by atoms with Gasteiger partial charge in [0.05, 0.1) is 0 Å². The Labute approximate surface area is 195 Å². The van der Waals surface area contributed by atoms with E-state index in [4.69, 9.17) is 33.5 Å². The molecule has 0 saturated carbocycles. The first-order valence-electron chi connectivity index (χ1n) is 10.2. The van der Waals surface area contributed by atoms with Crippen LogP contribution in [0, 0.1) is 0 Å². The van der Waals surface area contributed by atoms with Crippen molar-refractivity contribution in [2.45, 2.75) is 58.2 Å². The second-order valence-electron chi connectivity index (χ2n) is 7.37. The van der Waals surface area contributed by atoms with Crippen LogP contribution in [0.5, 0.6) is 5.75 Å². The molecule has 1 aliphatic rings. The first kappa shape index (κ1) is 26.6. The topological polar surface area (TPSA) is 161 Å². The lowest BCUT2D eigenvalue weighted by atomic mass is 9.90. The molecule has 1 aromatic carbocycles. The highest BCUT2D eigenvalue weighted by atomic mass is 16.7. The van der Waals surface area contributed by atoms with E-state index in [-0.39, 0.29) is 12.4 Å². The molecule has 1 aromatic rings. The maximum absolute atomic E-state index is 11.9. The molecule has 1 fully saturated rings. The maximum Gasteiger partial charge on any atom is 0.341 e. The summed E-state index contributed by atoms with van der Waals surface area (Å²) >= 11 is 0. The Bertz CT molecular complexity index is 926. The highest BCUT2D eigenvalue weighted by Crippen LogP contribution is 2.38. The molecule has 12 heteroatoms. The summed E-state index contributed by atoms with van der Waals surface area (Å²) in [6, 6.07) is 6.12. The molecule has 0 bridgehead atoms. The van der Waals surface area contributed by atoms with E-state index < -0.39 is 67.0 Å². The van der Waals surface area contributed by atoms with Gasteiger partial charge in [0, 0.05) is 27.7 Å². The van der Waals surface area contributed by atoms with Crippen molar-refractivity contribution < 1.29 is 57.5 Å². The Morgan fingerprint density at radius 1 is 0.853 bits per heavy atom. The fourth-order valence-corrected chi connectivity index (χ4v) is 3.42. The number of rotatable bonds is 9. The number of carbonyl (C=O) groups is 5. The van der Waals surface area contributed by atoms with E-state index in [9.17, 15) is 24.0 Å². The summed E-state index contributed by atoms with van der Waals surface area (Å²) in [5.74, 6) is -3.83. The highest BCUT2D eigenvalue weighted by Gasteiger charge is 2.52. The van der Waals surface area contributed by atoms with Crippen LogP contribution in [0.3, 0.4) is 0 Å². The second kappa shape index (κ2) is 12.0. The summed E-state index contributed by atoms with van der Waals surface area (Å²) < 4.78 is 32.4. The third-order valence-electron chi connectivity index (χ3n) is 4.54. The number of benzene rings is 1. The molecular formula is C22H26O12. The summed E-state index contributed by atoms with van der Waals surface area (Å²) in [5.41, 5.74) is 0.375. The van der Waals surface area contributed by atoms with Gasteiger partial charge in [0.1, 0.15) is 24.6 Å². The van der Waals surface area contributed by atoms with Crippen molar-refractivity contribution in [3.63, 3.8) is 0 Å². The van der Waals surface area contributed by atoms with Crippen molar-refractivity contribution in [2.75, 3.05) is 13.2 Å². The SMILES string of the molecule is CC(=O)OC[C@H]1O[C@@H](c2cccc(OCC(=O)O)c2)[C@H](OC(C)=O)[C@@H](OC(C)=O)[C@@H]1OC(C)=O. The zero-order chi connectivity index (χ0) is 25.4. The van der Waals surface area contributed by atoms with Gasteiger partial charge in [-0.15, -0.1) is 0 Å². The molecule has 0 radical (unpaired) electrons. The molecule has 2 rings (SSSR count). The number of carboxylic acid groups (broad SMARTS) is 1. The fourth-order valence-electron chi connectivity index (χ4n) is 3.42. The Hall–Kier alpha value is -3.67. The largest absolute Gasteiger partial charge is 0.482 e. The lowest BCUT2D eigenvalue weighted by Gasteiger charge is -2.44. The third-order valence-corrected chi connectivity index (χ3v) is 4.54. The van der Waals surface area contributed by atoms with Crippen molar-refractivity contribution in [1.82, 2.24) is 0 Å². The summed E-state index contributed by atoms with van der Waals surface area (Å²) in [6.45, 7) is 3.62. The van der Waals surface area contributed by atoms with E-state index in [0.29, 0.717) is 5.56 Å². The van der Waals surface area contributed by atoms with Crippen LogP contribution in [0.1, 0.15) is 39.4 Å². The van der Waals surface area contributed by atoms with Crippen LogP contribution >= 0.6 is 0 Å². The molecule has 12 nitrogen and oxygen atoms in total. The zero-order valence-corrected chi connectivity index (χ0v) is 19.0. The van der Waals surface area contributed by atoms with Gasteiger partial charge in [0.2, 0.25) is 0 Å². The summed E-state index contributed by atoms with van der Waals surface area (Å²) in [6.07, 6.45) is -6.04. The molecule has 1 aliphatic heterocycles. The van der Waals surface area contributed by atoms with Crippen LogP contribution < -0.4 is 4.74 Å². The first-order valence-corrected chi connectivity index (χ1v) is 10.2. The normalized spacial score (nSPS) is 23.8. The van der Waals surface area contributed by atoms with Gasteiger partial charge in [0.15, 0.2) is 24.9 Å². The van der Waals surface area contributed by atoms with Gasteiger partial charge in [-0.2, -0.15) is 0 Å². The zero-order valence-electron chi connectivity index (χ0n) is 19.0. The summed E-state index contributed by atoms with van der Waals surface area (Å²) in [7, 11) is 0. The predicted molar refractivity (Wildman–Crippen MR) is 110 cm³/mol. The number of carboxylic acids is 1. The maximum atomic E-state index is 11.9. The van der Waals surface area contributed by atoms with E-state index in [2.05, 4.69) is 0 Å². The minimum Gasteiger partial charge on any atom is -0.482 e. The molecule has 0 aliphatic carbocycles. The lowest BCUT2D eigenvalue weighted by Crippen LogP contribution is -2.59. The Morgan fingerprint density at radius 3 is 2.00 bits per heavy atom. The van der Waals surface area contributed by atoms with E-state index in [1.54, 1.807) is 12.1 Å². The molecule has 186 valence electrons. The summed E-state index contributed by atoms with van der Waals surface area (Å²) in [5, 5.41) is 8.85. The van der Waals surface area contributed by atoms with Crippen molar-refractivity contribution in [3.05, 3.63) is 29.8 Å². The van der Waals surface area contributed by atoms with Gasteiger partial charge >= 0.3 is 29.8 Å². The number of hydrogen-bond acceptors (Lipinski definition) is 11. The van der Waals surface area contributed by atoms with Gasteiger partial charge in [-0.05, 0) is 17.7 Å². The van der Waals surface area contributed by atoms with Gasteiger partial charge in [0.25, 0.3) is 0 Å². The van der Waals surface area contributed by atoms with Crippen molar-refractivity contribution >= 4 is 29.8 Å². The smallest absolute Gasteiger partial charge is 0.341 e. The standard InChI is InChI=1S/C22H26O12/c1-11(23)29-9-17-20(31-12(2)24)22(33-14(4)26)21(32-13(3)25)19(34-17)15-6-5-7-16(8-15)30-10-18(27)28/h5-8,17,19-22H,9-10H2,1-4H3,(H,27,28)/t17-,19+,20-,21+,22+/m1/s1. The van der Waals surface area contributed by atoms with Crippen LogP contribution in [0.25, 0.3) is 0 Å². The van der Waals surface area contributed by atoms with Crippen LogP contribution in [0.2, 0.25) is 0 Å². The minimum atomic E-state index is -1.31. The van der Waals surface area contributed by atoms with Gasteiger partial charge in [-0.3, -0.25) is 19.2 Å². The number of hydrogen-bond donors (Lipinski definition) is 1. The first-order chi connectivity index (χ1) is 16.0. The molecule has 1 heterocycles. The number of esters is 4. The fraction of sp³-hybridized carbons (Fsp3) is 0.500. The van der Waals surface area contributed by atoms with Crippen molar-refractivity contribution in [2.24, 2.45) is 0 Å². The molecule has 0 amide bonds. The molecule has 1 N–H and O–H groups in total. The quantitative estimate of drug-likeness (QED) is 0.392. The third kappa shape index (κ3) is 7.73. The van der Waals surface area contributed by atoms with E-state index in [0.717, 1.165) is 20.8 Å². The van der Waals surface area contributed by atoms with E-state index in [1.165, 1.54) is 19.1 Å². The van der Waals surface area contributed by atoms with Crippen molar-refractivity contribution in [1.29, 1.82) is 0 Å². The molecule has 0 unspecified atom stereocenters. The molecular weight excluding hydrogens is 456 g/mol. The summed E-state index contributed by atoms with van der Waals surface area (Å²) in [4.78, 5) is 57.8. The molecule has 0 spiro atoms. The Kier molecular flexibility index (Phi) is 9.36. The average Bonchev–Trinajstić information content (AvgIpc) is 2.73. The molecule has 5 atom stereocenters. The molecule has 34 heavy (non-hydrogen) atoms. The number of aliphatic carboxylic acids is 1. The minimum absolute atomic E-state index is 0.188. The average molecular weight is 482 g/mol. The second-order valence-corrected chi connectivity index (χ2v) is 7.37. The van der Waals surface area contributed by atoms with Gasteiger partial charge in [-0.25, -0.2) is 4.79 Å². The lowest BCUT2D eigenvalue weighted by molar-refractivity contribution is -0.254. The number of ether oxygens (including phenoxy) is 6. The van der Waals surface area contributed by atoms with Crippen LogP contribution in [0.4, 0.5) is 0 Å². The Morgan fingerprint density at radius 2 is 1.44 bits per heavy atom. The molecule has 0 aromatic heterocycles. The number of carbonyl (C=O) groups excluding carboxylic acids is 4. The van der Waals surface area contributed by atoms with E-state index in [1.807, 2.05) is 0 Å². The van der Waals surface area contributed by atoms with Crippen LogP contribution in [-0.4, -0.2) is 72.6 Å². The van der Waals surface area contributed by atoms with Gasteiger partial charge < -0.3 is 33.5 Å². The van der Waals surface area contributed by atoms with Crippen molar-refractivity contribution in [3.8, 4) is 5.75 Å². The predicted octanol–water partition coefficient (Wildman–Crippen LogP) is 0.948. The van der Waals surface area contributed by atoms with Crippen LogP contribution in [0.15, 0.2) is 24.3 Å². The van der Waals surface area contributed by atoms with Crippen LogP contribution in [-0.2, 0) is 47.7 Å².